The maximum atomic E-state index is 11.0. The fourth-order valence-electron chi connectivity index (χ4n) is 2.23. The van der Waals surface area contributed by atoms with Crippen molar-refractivity contribution in [2.24, 2.45) is 5.92 Å². The van der Waals surface area contributed by atoms with Crippen LogP contribution in [0.4, 0.5) is 0 Å². The van der Waals surface area contributed by atoms with Crippen LogP contribution in [0.2, 0.25) is 0 Å². The predicted molar refractivity (Wildman–Crippen MR) is 63.4 cm³/mol. The Morgan fingerprint density at radius 1 is 1.69 bits per heavy atom. The predicted octanol–water partition coefficient (Wildman–Crippen LogP) is 2.25. The van der Waals surface area contributed by atoms with Crippen molar-refractivity contribution in [3.8, 4) is 0 Å². The van der Waals surface area contributed by atoms with E-state index < -0.39 is 5.97 Å². The van der Waals surface area contributed by atoms with Crippen LogP contribution in [-0.2, 0) is 24.2 Å². The van der Waals surface area contributed by atoms with Crippen LogP contribution in [0.15, 0.2) is 4.73 Å². The zero-order valence-corrected chi connectivity index (χ0v) is 10.8. The highest BCUT2D eigenvalue weighted by Gasteiger charge is 2.28. The number of aryl methyl sites for hydroxylation is 1. The molecule has 1 aliphatic heterocycles. The van der Waals surface area contributed by atoms with Gasteiger partial charge in [-0.3, -0.25) is 4.79 Å². The molecule has 1 atom stereocenters. The van der Waals surface area contributed by atoms with Gasteiger partial charge in [0.1, 0.15) is 0 Å². The molecular weight excluding hydrogens is 272 g/mol. The maximum Gasteiger partial charge on any atom is 0.306 e. The highest BCUT2D eigenvalue weighted by molar-refractivity contribution is 9.10. The van der Waals surface area contributed by atoms with Crippen LogP contribution >= 0.6 is 15.9 Å². The van der Waals surface area contributed by atoms with E-state index in [1.54, 1.807) is 0 Å². The number of nitrogens with zero attached hydrogens (tertiary/aromatic N) is 2. The van der Waals surface area contributed by atoms with Gasteiger partial charge in [-0.15, -0.1) is 0 Å². The van der Waals surface area contributed by atoms with Crippen LogP contribution in [0.5, 0.6) is 0 Å². The Labute approximate surface area is 103 Å². The summed E-state index contributed by atoms with van der Waals surface area (Å²) in [5.74, 6) is -0.933. The Hall–Kier alpha value is -0.840. The second-order valence-corrected chi connectivity index (χ2v) is 4.91. The minimum absolute atomic E-state index is 0.244. The average molecular weight is 287 g/mol. The van der Waals surface area contributed by atoms with Gasteiger partial charge in [0.15, 0.2) is 4.73 Å². The minimum Gasteiger partial charge on any atom is -0.481 e. The summed E-state index contributed by atoms with van der Waals surface area (Å²) in [6.45, 7) is 2.86. The van der Waals surface area contributed by atoms with E-state index in [0.717, 1.165) is 35.5 Å². The third-order valence-corrected chi connectivity index (χ3v) is 3.69. The number of rotatable bonds is 3. The molecule has 16 heavy (non-hydrogen) atoms. The molecule has 1 aliphatic rings. The molecule has 2 heterocycles. The zero-order valence-electron chi connectivity index (χ0n) is 9.24. The third kappa shape index (κ3) is 2.00. The number of carbonyl (C=O) groups is 1. The van der Waals surface area contributed by atoms with E-state index in [2.05, 4.69) is 32.4 Å². The van der Waals surface area contributed by atoms with Crippen molar-refractivity contribution in [2.45, 2.75) is 39.2 Å². The highest BCUT2D eigenvalue weighted by atomic mass is 79.9. The minimum atomic E-state index is -0.689. The van der Waals surface area contributed by atoms with E-state index in [1.165, 1.54) is 0 Å². The summed E-state index contributed by atoms with van der Waals surface area (Å²) >= 11 is 3.43. The van der Waals surface area contributed by atoms with Crippen LogP contribution in [0, 0.1) is 5.92 Å². The summed E-state index contributed by atoms with van der Waals surface area (Å²) in [6.07, 6.45) is 3.27. The first kappa shape index (κ1) is 11.6. The number of hydrogen-bond acceptors (Lipinski definition) is 2. The summed E-state index contributed by atoms with van der Waals surface area (Å²) in [7, 11) is 0. The zero-order chi connectivity index (χ0) is 11.7. The van der Waals surface area contributed by atoms with Gasteiger partial charge in [0.25, 0.3) is 0 Å². The average Bonchev–Trinajstić information content (AvgIpc) is 2.56. The molecule has 88 valence electrons. The first-order chi connectivity index (χ1) is 7.63. The van der Waals surface area contributed by atoms with E-state index in [4.69, 9.17) is 5.11 Å². The van der Waals surface area contributed by atoms with Crippen molar-refractivity contribution in [1.82, 2.24) is 9.55 Å². The van der Waals surface area contributed by atoms with Gasteiger partial charge in [-0.05, 0) is 28.8 Å². The van der Waals surface area contributed by atoms with Crippen LogP contribution in [0.1, 0.15) is 31.2 Å². The Bertz CT molecular complexity index is 414. The molecular formula is C11H15BrN2O2. The molecule has 1 unspecified atom stereocenters. The monoisotopic (exact) mass is 286 g/mol. The van der Waals surface area contributed by atoms with Gasteiger partial charge < -0.3 is 9.67 Å². The molecule has 0 fully saturated rings. The van der Waals surface area contributed by atoms with Gasteiger partial charge in [0.05, 0.1) is 11.6 Å². The van der Waals surface area contributed by atoms with Crippen LogP contribution < -0.4 is 0 Å². The van der Waals surface area contributed by atoms with E-state index in [1.807, 2.05) is 0 Å². The lowest BCUT2D eigenvalue weighted by atomic mass is 9.94. The quantitative estimate of drug-likeness (QED) is 0.927. The molecule has 0 saturated heterocycles. The van der Waals surface area contributed by atoms with E-state index in [0.29, 0.717) is 12.8 Å². The number of imidazole rings is 1. The Kier molecular flexibility index (Phi) is 3.33. The summed E-state index contributed by atoms with van der Waals surface area (Å²) in [5, 5.41) is 9.05. The fourth-order valence-corrected chi connectivity index (χ4v) is 2.83. The first-order valence-corrected chi connectivity index (χ1v) is 6.39. The van der Waals surface area contributed by atoms with Crippen molar-refractivity contribution in [1.29, 1.82) is 0 Å². The number of hydrogen-bond donors (Lipinski definition) is 1. The van der Waals surface area contributed by atoms with E-state index in [-0.39, 0.29) is 5.92 Å². The highest BCUT2D eigenvalue weighted by Crippen LogP contribution is 2.28. The van der Waals surface area contributed by atoms with Gasteiger partial charge in [0.2, 0.25) is 0 Å². The number of halogens is 1. The number of aromatic nitrogens is 2. The van der Waals surface area contributed by atoms with Crippen molar-refractivity contribution < 1.29 is 9.90 Å². The second-order valence-electron chi connectivity index (χ2n) is 4.20. The molecule has 0 radical (unpaired) electrons. The van der Waals surface area contributed by atoms with Crippen LogP contribution in [0.25, 0.3) is 0 Å². The molecule has 0 amide bonds. The Balaban J connectivity index is 2.31. The molecule has 0 bridgehead atoms. The molecule has 1 N–H and O–H groups in total. The molecule has 1 aromatic rings. The molecule has 0 aromatic carbocycles. The molecule has 1 aromatic heterocycles. The summed E-state index contributed by atoms with van der Waals surface area (Å²) in [6, 6.07) is 0. The van der Waals surface area contributed by atoms with Gasteiger partial charge in [0, 0.05) is 18.7 Å². The number of fused-ring (bicyclic) bond motifs is 1. The van der Waals surface area contributed by atoms with Crippen molar-refractivity contribution in [3.63, 3.8) is 0 Å². The topological polar surface area (TPSA) is 55.1 Å². The largest absolute Gasteiger partial charge is 0.481 e. The van der Waals surface area contributed by atoms with Crippen LogP contribution in [0.3, 0.4) is 0 Å². The smallest absolute Gasteiger partial charge is 0.306 e. The van der Waals surface area contributed by atoms with Crippen molar-refractivity contribution in [3.05, 3.63) is 16.1 Å². The van der Waals surface area contributed by atoms with Crippen molar-refractivity contribution >= 4 is 21.9 Å². The molecule has 2 rings (SSSR count). The fraction of sp³-hybridized carbons (Fsp3) is 0.636. The van der Waals surface area contributed by atoms with Gasteiger partial charge in [-0.2, -0.15) is 0 Å². The van der Waals surface area contributed by atoms with E-state index in [9.17, 15) is 4.79 Å². The van der Waals surface area contributed by atoms with E-state index >= 15 is 0 Å². The lowest BCUT2D eigenvalue weighted by Crippen LogP contribution is -2.26. The van der Waals surface area contributed by atoms with Gasteiger partial charge >= 0.3 is 5.97 Å². The molecule has 0 saturated carbocycles. The second kappa shape index (κ2) is 4.57. The molecule has 5 heteroatoms. The Morgan fingerprint density at radius 2 is 2.44 bits per heavy atom. The molecule has 4 nitrogen and oxygen atoms in total. The molecule has 0 aliphatic carbocycles. The van der Waals surface area contributed by atoms with Gasteiger partial charge in [-0.25, -0.2) is 4.98 Å². The standard InChI is InChI=1S/C11H15BrN2O2/c1-2-3-8-9-6-7(10(15)16)4-5-14(9)11(12)13-8/h7H,2-6H2,1H3,(H,15,16). The SMILES string of the molecule is CCCc1nc(Br)n2c1CC(C(=O)O)CC2. The lowest BCUT2D eigenvalue weighted by Gasteiger charge is -2.21. The third-order valence-electron chi connectivity index (χ3n) is 3.09. The normalized spacial score (nSPS) is 19.5. The first-order valence-electron chi connectivity index (χ1n) is 5.60. The lowest BCUT2D eigenvalue weighted by molar-refractivity contribution is -0.142. The van der Waals surface area contributed by atoms with Crippen LogP contribution in [-0.4, -0.2) is 20.6 Å². The number of carboxylic acids is 1. The molecule has 0 spiro atoms. The summed E-state index contributed by atoms with van der Waals surface area (Å²) in [4.78, 5) is 15.5. The number of carboxylic acid groups (broad SMARTS) is 1. The summed E-state index contributed by atoms with van der Waals surface area (Å²) in [5.41, 5.74) is 2.16. The van der Waals surface area contributed by atoms with Crippen molar-refractivity contribution in [2.75, 3.05) is 0 Å². The number of aliphatic carboxylic acids is 1. The van der Waals surface area contributed by atoms with Gasteiger partial charge in [-0.1, -0.05) is 13.3 Å². The Morgan fingerprint density at radius 3 is 3.06 bits per heavy atom. The maximum absolute atomic E-state index is 11.0. The summed E-state index contributed by atoms with van der Waals surface area (Å²) < 4.78 is 2.94.